The van der Waals surface area contributed by atoms with Gasteiger partial charge in [0.15, 0.2) is 0 Å². The van der Waals surface area contributed by atoms with Crippen molar-refractivity contribution in [1.29, 1.82) is 0 Å². The zero-order valence-corrected chi connectivity index (χ0v) is 19.6. The van der Waals surface area contributed by atoms with Crippen molar-refractivity contribution in [2.75, 3.05) is 52.8 Å². The number of nitrogens with zero attached hydrogens (tertiary/aromatic N) is 1. The van der Waals surface area contributed by atoms with Crippen LogP contribution in [-0.2, 0) is 16.0 Å². The Kier molecular flexibility index (Phi) is 8.95. The van der Waals surface area contributed by atoms with Crippen LogP contribution in [0.2, 0.25) is 0 Å². The molecule has 0 saturated carbocycles. The maximum Gasteiger partial charge on any atom is 0.238 e. The Labute approximate surface area is 195 Å². The van der Waals surface area contributed by atoms with Crippen molar-refractivity contribution < 1.29 is 23.8 Å². The van der Waals surface area contributed by atoms with Gasteiger partial charge in [-0.3, -0.25) is 14.5 Å². The molecule has 2 aromatic carbocycles. The molecule has 0 spiro atoms. The first kappa shape index (κ1) is 24.4. The topological polar surface area (TPSA) is 89.1 Å². The molecule has 3 rings (SSSR count). The lowest BCUT2D eigenvalue weighted by Crippen LogP contribution is -2.43. The van der Waals surface area contributed by atoms with Gasteiger partial charge in [0, 0.05) is 18.5 Å². The van der Waals surface area contributed by atoms with Crippen molar-refractivity contribution >= 4 is 17.5 Å². The molecule has 2 N–H and O–H groups in total. The summed E-state index contributed by atoms with van der Waals surface area (Å²) < 4.78 is 15.9. The maximum absolute atomic E-state index is 12.6. The normalized spacial score (nSPS) is 14.4. The second-order valence-electron chi connectivity index (χ2n) is 8.02. The Bertz CT molecular complexity index is 941. The number of piperidine rings is 1. The summed E-state index contributed by atoms with van der Waals surface area (Å²) in [6.45, 7) is 2.26. The zero-order valence-electron chi connectivity index (χ0n) is 19.6. The summed E-state index contributed by atoms with van der Waals surface area (Å²) in [5.41, 5.74) is 1.68. The van der Waals surface area contributed by atoms with E-state index in [1.54, 1.807) is 39.5 Å². The highest BCUT2D eigenvalue weighted by Gasteiger charge is 2.26. The summed E-state index contributed by atoms with van der Waals surface area (Å²) in [5, 5.41) is 5.94. The number of anilines is 1. The first-order valence-electron chi connectivity index (χ1n) is 11.2. The zero-order chi connectivity index (χ0) is 23.6. The van der Waals surface area contributed by atoms with E-state index in [0.29, 0.717) is 36.8 Å². The van der Waals surface area contributed by atoms with Gasteiger partial charge in [0.05, 0.1) is 33.6 Å². The molecule has 0 bridgehead atoms. The Morgan fingerprint density at radius 2 is 1.70 bits per heavy atom. The number of benzene rings is 2. The molecule has 2 amide bonds. The predicted octanol–water partition coefficient (Wildman–Crippen LogP) is 2.72. The number of hydrogen-bond acceptors (Lipinski definition) is 6. The van der Waals surface area contributed by atoms with Gasteiger partial charge < -0.3 is 24.8 Å². The molecule has 1 saturated heterocycles. The van der Waals surface area contributed by atoms with E-state index in [0.717, 1.165) is 30.6 Å². The monoisotopic (exact) mass is 455 g/mol. The van der Waals surface area contributed by atoms with E-state index >= 15 is 0 Å². The average Bonchev–Trinajstić information content (AvgIpc) is 2.84. The number of hydrogen-bond donors (Lipinski definition) is 2. The van der Waals surface area contributed by atoms with Gasteiger partial charge in [-0.2, -0.15) is 0 Å². The summed E-state index contributed by atoms with van der Waals surface area (Å²) in [6.07, 6.45) is 2.20. The van der Waals surface area contributed by atoms with Crippen molar-refractivity contribution in [3.63, 3.8) is 0 Å². The van der Waals surface area contributed by atoms with Crippen LogP contribution < -0.4 is 24.8 Å². The van der Waals surface area contributed by atoms with Gasteiger partial charge in [0.1, 0.15) is 17.2 Å². The van der Waals surface area contributed by atoms with E-state index in [9.17, 15) is 9.59 Å². The highest BCUT2D eigenvalue weighted by atomic mass is 16.5. The second kappa shape index (κ2) is 12.1. The Morgan fingerprint density at radius 3 is 2.39 bits per heavy atom. The van der Waals surface area contributed by atoms with Gasteiger partial charge in [-0.05, 0) is 56.1 Å². The highest BCUT2D eigenvalue weighted by Crippen LogP contribution is 2.29. The minimum Gasteiger partial charge on any atom is -0.497 e. The van der Waals surface area contributed by atoms with Gasteiger partial charge in [-0.1, -0.05) is 18.2 Å². The largest absolute Gasteiger partial charge is 0.497 e. The van der Waals surface area contributed by atoms with Crippen LogP contribution in [0.15, 0.2) is 42.5 Å². The fraction of sp³-hybridized carbons (Fsp3) is 0.440. The number of nitrogens with one attached hydrogen (secondary N) is 2. The van der Waals surface area contributed by atoms with Crippen LogP contribution in [-0.4, -0.2) is 64.2 Å². The fourth-order valence-electron chi connectivity index (χ4n) is 4.02. The predicted molar refractivity (Wildman–Crippen MR) is 127 cm³/mol. The van der Waals surface area contributed by atoms with Gasteiger partial charge in [0.2, 0.25) is 11.8 Å². The van der Waals surface area contributed by atoms with Crippen molar-refractivity contribution in [2.24, 2.45) is 5.92 Å². The van der Waals surface area contributed by atoms with Crippen LogP contribution in [0.1, 0.15) is 18.4 Å². The molecule has 33 heavy (non-hydrogen) atoms. The third kappa shape index (κ3) is 6.86. The quantitative estimate of drug-likeness (QED) is 0.573. The highest BCUT2D eigenvalue weighted by molar-refractivity contribution is 5.93. The number of carbonyl (C=O) groups is 2. The third-order valence-electron chi connectivity index (χ3n) is 5.89. The smallest absolute Gasteiger partial charge is 0.238 e. The first-order chi connectivity index (χ1) is 16.0. The molecule has 1 fully saturated rings. The number of para-hydroxylation sites is 1. The van der Waals surface area contributed by atoms with E-state index in [1.165, 1.54) is 0 Å². The molecule has 0 aromatic heterocycles. The molecule has 8 heteroatoms. The number of amides is 2. The Morgan fingerprint density at radius 1 is 0.970 bits per heavy atom. The van der Waals surface area contributed by atoms with Crippen molar-refractivity contribution in [3.05, 3.63) is 48.0 Å². The van der Waals surface area contributed by atoms with Gasteiger partial charge >= 0.3 is 0 Å². The molecule has 178 valence electrons. The lowest BCUT2D eigenvalue weighted by atomic mass is 9.96. The van der Waals surface area contributed by atoms with E-state index < -0.39 is 0 Å². The van der Waals surface area contributed by atoms with E-state index in [2.05, 4.69) is 15.5 Å². The maximum atomic E-state index is 12.6. The molecular formula is C25H33N3O5. The molecule has 2 aromatic rings. The summed E-state index contributed by atoms with van der Waals surface area (Å²) in [5.74, 6) is 1.99. The number of methoxy groups -OCH3 is 3. The molecule has 0 radical (unpaired) electrons. The molecule has 1 aliphatic rings. The van der Waals surface area contributed by atoms with Crippen LogP contribution >= 0.6 is 0 Å². The summed E-state index contributed by atoms with van der Waals surface area (Å²) in [6, 6.07) is 13.1. The lowest BCUT2D eigenvalue weighted by molar-refractivity contribution is -0.126. The van der Waals surface area contributed by atoms with Crippen LogP contribution in [0.3, 0.4) is 0 Å². The Hall–Kier alpha value is -3.26. The molecule has 1 aliphatic heterocycles. The minimum atomic E-state index is -0.113. The molecule has 0 aliphatic carbocycles. The van der Waals surface area contributed by atoms with E-state index in [4.69, 9.17) is 14.2 Å². The second-order valence-corrected chi connectivity index (χ2v) is 8.02. The van der Waals surface area contributed by atoms with Crippen molar-refractivity contribution in [1.82, 2.24) is 10.2 Å². The van der Waals surface area contributed by atoms with Crippen LogP contribution in [0, 0.1) is 5.92 Å². The number of rotatable bonds is 10. The molecule has 8 nitrogen and oxygen atoms in total. The van der Waals surface area contributed by atoms with Crippen molar-refractivity contribution in [2.45, 2.75) is 19.3 Å². The van der Waals surface area contributed by atoms with Crippen LogP contribution in [0.25, 0.3) is 0 Å². The third-order valence-corrected chi connectivity index (χ3v) is 5.89. The van der Waals surface area contributed by atoms with Gasteiger partial charge in [-0.25, -0.2) is 0 Å². The minimum absolute atomic E-state index is 0.0244. The summed E-state index contributed by atoms with van der Waals surface area (Å²) >= 11 is 0. The lowest BCUT2D eigenvalue weighted by Gasteiger charge is -2.30. The molecular weight excluding hydrogens is 422 g/mol. The fourth-order valence-corrected chi connectivity index (χ4v) is 4.02. The van der Waals surface area contributed by atoms with Crippen LogP contribution in [0.4, 0.5) is 5.69 Å². The number of carbonyl (C=O) groups excluding carboxylic acids is 2. The number of likely N-dealkylation sites (tertiary alicyclic amines) is 1. The molecule has 0 unspecified atom stereocenters. The van der Waals surface area contributed by atoms with Gasteiger partial charge in [0.25, 0.3) is 0 Å². The summed E-state index contributed by atoms with van der Waals surface area (Å²) in [7, 11) is 4.78. The standard InChI is InChI=1S/C25H33N3O5/c1-31-20-8-9-21(23(16-20)33-3)27-24(29)17-28-14-11-19(12-15-28)25(30)26-13-10-18-6-4-5-7-22(18)32-2/h4-9,16,19H,10-15,17H2,1-3H3,(H,26,30)(H,27,29). The van der Waals surface area contributed by atoms with Crippen LogP contribution in [0.5, 0.6) is 17.2 Å². The summed E-state index contributed by atoms with van der Waals surface area (Å²) in [4.78, 5) is 27.2. The molecule has 0 atom stereocenters. The number of ether oxygens (including phenoxy) is 3. The average molecular weight is 456 g/mol. The SMILES string of the molecule is COc1ccc(NC(=O)CN2CCC(C(=O)NCCc3ccccc3OC)CC2)c(OC)c1. The molecule has 1 heterocycles. The van der Waals surface area contributed by atoms with E-state index in [-0.39, 0.29) is 24.3 Å². The van der Waals surface area contributed by atoms with E-state index in [1.807, 2.05) is 24.3 Å². The van der Waals surface area contributed by atoms with Gasteiger partial charge in [-0.15, -0.1) is 0 Å². The van der Waals surface area contributed by atoms with Crippen molar-refractivity contribution in [3.8, 4) is 17.2 Å². The Balaban J connectivity index is 1.40. The first-order valence-corrected chi connectivity index (χ1v) is 11.2.